The van der Waals surface area contributed by atoms with Gasteiger partial charge in [-0.3, -0.25) is 19.0 Å². The molecule has 0 spiro atoms. The molecule has 2 amide bonds. The van der Waals surface area contributed by atoms with Crippen LogP contribution in [0, 0.1) is 5.92 Å². The lowest BCUT2D eigenvalue weighted by Gasteiger charge is -2.27. The molecule has 0 aromatic carbocycles. The maximum atomic E-state index is 12.5. The van der Waals surface area contributed by atoms with E-state index >= 15 is 0 Å². The molecule has 1 N–H and O–H groups in total. The van der Waals surface area contributed by atoms with E-state index in [0.717, 1.165) is 30.5 Å². The van der Waals surface area contributed by atoms with Crippen LogP contribution in [0.3, 0.4) is 0 Å². The number of rotatable bonds is 4. The van der Waals surface area contributed by atoms with Crippen molar-refractivity contribution in [1.29, 1.82) is 0 Å². The van der Waals surface area contributed by atoms with Crippen LogP contribution in [-0.2, 0) is 36.1 Å². The molecule has 4 rings (SSSR count). The first kappa shape index (κ1) is 14.9. The molecule has 2 aromatic heterocycles. The highest BCUT2D eigenvalue weighted by molar-refractivity contribution is 5.94. The van der Waals surface area contributed by atoms with E-state index in [-0.39, 0.29) is 24.3 Å². The van der Waals surface area contributed by atoms with Gasteiger partial charge in [0.2, 0.25) is 11.8 Å². The van der Waals surface area contributed by atoms with E-state index in [1.54, 1.807) is 28.0 Å². The fourth-order valence-electron chi connectivity index (χ4n) is 3.10. The lowest BCUT2D eigenvalue weighted by atomic mass is 10.1. The first-order valence-electron chi connectivity index (χ1n) is 8.22. The summed E-state index contributed by atoms with van der Waals surface area (Å²) in [6.07, 6.45) is 6.08. The maximum Gasteiger partial charge on any atom is 0.244 e. The first-order chi connectivity index (χ1) is 11.6. The van der Waals surface area contributed by atoms with Crippen LogP contribution in [0.4, 0.5) is 5.82 Å². The number of hydrogen-bond donors (Lipinski definition) is 1. The Bertz CT molecular complexity index is 775. The highest BCUT2D eigenvalue weighted by Gasteiger charge is 2.32. The van der Waals surface area contributed by atoms with Crippen molar-refractivity contribution in [2.24, 2.45) is 13.0 Å². The summed E-state index contributed by atoms with van der Waals surface area (Å²) in [7, 11) is 1.88. The van der Waals surface area contributed by atoms with E-state index < -0.39 is 0 Å². The Morgan fingerprint density at radius 3 is 2.92 bits per heavy atom. The molecule has 0 atom stereocenters. The second kappa shape index (κ2) is 5.77. The fraction of sp³-hybridized carbons (Fsp3) is 0.500. The van der Waals surface area contributed by atoms with Crippen molar-refractivity contribution >= 4 is 17.6 Å². The molecule has 0 bridgehead atoms. The van der Waals surface area contributed by atoms with E-state index in [1.807, 2.05) is 11.7 Å². The molecule has 8 nitrogen and oxygen atoms in total. The van der Waals surface area contributed by atoms with E-state index in [4.69, 9.17) is 0 Å². The van der Waals surface area contributed by atoms with Crippen molar-refractivity contribution in [2.75, 3.05) is 11.9 Å². The van der Waals surface area contributed by atoms with Crippen molar-refractivity contribution in [3.63, 3.8) is 0 Å². The Morgan fingerprint density at radius 1 is 1.38 bits per heavy atom. The Kier molecular flexibility index (Phi) is 3.59. The third-order valence-electron chi connectivity index (χ3n) is 4.64. The van der Waals surface area contributed by atoms with Crippen molar-refractivity contribution in [2.45, 2.75) is 32.4 Å². The predicted molar refractivity (Wildman–Crippen MR) is 85.9 cm³/mol. The molecule has 0 unspecified atom stereocenters. The number of carbonyl (C=O) groups is 2. The zero-order chi connectivity index (χ0) is 16.7. The predicted octanol–water partition coefficient (Wildman–Crippen LogP) is 0.550. The number of anilines is 1. The van der Waals surface area contributed by atoms with Gasteiger partial charge in [-0.2, -0.15) is 10.2 Å². The number of fused-ring (bicyclic) bond motifs is 1. The minimum atomic E-state index is 0.0210. The van der Waals surface area contributed by atoms with Crippen molar-refractivity contribution in [1.82, 2.24) is 24.5 Å². The summed E-state index contributed by atoms with van der Waals surface area (Å²) in [6.45, 7) is 1.36. The quantitative estimate of drug-likeness (QED) is 0.888. The maximum absolute atomic E-state index is 12.5. The summed E-state index contributed by atoms with van der Waals surface area (Å²) in [4.78, 5) is 26.3. The summed E-state index contributed by atoms with van der Waals surface area (Å²) >= 11 is 0. The molecule has 1 fully saturated rings. The second-order valence-electron chi connectivity index (χ2n) is 6.43. The molecule has 0 saturated heterocycles. The summed E-state index contributed by atoms with van der Waals surface area (Å²) in [5.74, 6) is 0.786. The standard InChI is InChI=1S/C16H20N6O2/c1-20-13-5-8-21(14(23)10-22-7-2-6-17-22)9-12(13)15(19-20)18-16(24)11-3-4-11/h2,6-7,11H,3-5,8-10H2,1H3,(H,18,19,24). The van der Waals surface area contributed by atoms with E-state index in [0.29, 0.717) is 18.9 Å². The molecule has 2 aromatic rings. The number of nitrogens with zero attached hydrogens (tertiary/aromatic N) is 5. The highest BCUT2D eigenvalue weighted by Crippen LogP contribution is 2.32. The number of amides is 2. The molecule has 1 saturated carbocycles. The van der Waals surface area contributed by atoms with Gasteiger partial charge in [0.05, 0.1) is 6.54 Å². The smallest absolute Gasteiger partial charge is 0.244 e. The first-order valence-corrected chi connectivity index (χ1v) is 8.22. The highest BCUT2D eigenvalue weighted by atomic mass is 16.2. The number of hydrogen-bond acceptors (Lipinski definition) is 4. The third-order valence-corrected chi connectivity index (χ3v) is 4.64. The van der Waals surface area contributed by atoms with Gasteiger partial charge >= 0.3 is 0 Å². The molecule has 3 heterocycles. The number of carbonyl (C=O) groups excluding carboxylic acids is 2. The van der Waals surface area contributed by atoms with Crippen LogP contribution in [0.1, 0.15) is 24.1 Å². The summed E-state index contributed by atoms with van der Waals surface area (Å²) in [6, 6.07) is 1.80. The zero-order valence-corrected chi connectivity index (χ0v) is 13.6. The molecule has 2 aliphatic rings. The van der Waals surface area contributed by atoms with Gasteiger partial charge in [-0.05, 0) is 18.9 Å². The Balaban J connectivity index is 1.50. The fourth-order valence-corrected chi connectivity index (χ4v) is 3.10. The van der Waals surface area contributed by atoms with Crippen LogP contribution in [0.15, 0.2) is 18.5 Å². The van der Waals surface area contributed by atoms with Crippen LogP contribution in [-0.4, -0.2) is 42.8 Å². The van der Waals surface area contributed by atoms with Gasteiger partial charge in [0.1, 0.15) is 6.54 Å². The third kappa shape index (κ3) is 2.79. The average molecular weight is 328 g/mol. The van der Waals surface area contributed by atoms with Crippen LogP contribution in [0.2, 0.25) is 0 Å². The molecule has 0 radical (unpaired) electrons. The second-order valence-corrected chi connectivity index (χ2v) is 6.43. The molecule has 8 heteroatoms. The van der Waals surface area contributed by atoms with E-state index in [2.05, 4.69) is 15.5 Å². The van der Waals surface area contributed by atoms with Crippen LogP contribution < -0.4 is 5.32 Å². The number of aryl methyl sites for hydroxylation is 1. The number of aromatic nitrogens is 4. The normalized spacial score (nSPS) is 16.8. The summed E-state index contributed by atoms with van der Waals surface area (Å²) < 4.78 is 3.43. The number of nitrogens with one attached hydrogen (secondary N) is 1. The topological polar surface area (TPSA) is 85.0 Å². The molecular formula is C16H20N6O2. The Morgan fingerprint density at radius 2 is 2.21 bits per heavy atom. The molecule has 24 heavy (non-hydrogen) atoms. The molecular weight excluding hydrogens is 308 g/mol. The van der Waals surface area contributed by atoms with E-state index in [9.17, 15) is 9.59 Å². The van der Waals surface area contributed by atoms with Gasteiger partial charge in [-0.25, -0.2) is 0 Å². The van der Waals surface area contributed by atoms with Gasteiger partial charge in [0, 0.05) is 49.6 Å². The van der Waals surface area contributed by atoms with Gasteiger partial charge in [-0.15, -0.1) is 0 Å². The van der Waals surface area contributed by atoms with Gasteiger partial charge < -0.3 is 10.2 Å². The average Bonchev–Trinajstić information content (AvgIpc) is 3.23. The van der Waals surface area contributed by atoms with Crippen molar-refractivity contribution in [3.8, 4) is 0 Å². The van der Waals surface area contributed by atoms with Crippen LogP contribution in [0.25, 0.3) is 0 Å². The molecule has 126 valence electrons. The van der Waals surface area contributed by atoms with Crippen LogP contribution in [0.5, 0.6) is 0 Å². The van der Waals surface area contributed by atoms with Gasteiger partial charge in [0.15, 0.2) is 5.82 Å². The summed E-state index contributed by atoms with van der Waals surface area (Å²) in [5, 5.41) is 11.5. The largest absolute Gasteiger partial charge is 0.336 e. The minimum Gasteiger partial charge on any atom is -0.336 e. The van der Waals surface area contributed by atoms with Crippen LogP contribution >= 0.6 is 0 Å². The van der Waals surface area contributed by atoms with Gasteiger partial charge in [0.25, 0.3) is 0 Å². The SMILES string of the molecule is Cn1nc(NC(=O)C2CC2)c2c1CCN(C(=O)Cn1cccn1)C2. The lowest BCUT2D eigenvalue weighted by Crippen LogP contribution is -2.38. The Labute approximate surface area is 139 Å². The molecule has 1 aliphatic carbocycles. The van der Waals surface area contributed by atoms with E-state index in [1.165, 1.54) is 0 Å². The molecule has 1 aliphatic heterocycles. The van der Waals surface area contributed by atoms with Crippen molar-refractivity contribution < 1.29 is 9.59 Å². The minimum absolute atomic E-state index is 0.0210. The summed E-state index contributed by atoms with van der Waals surface area (Å²) in [5.41, 5.74) is 2.04. The van der Waals surface area contributed by atoms with Gasteiger partial charge in [-0.1, -0.05) is 0 Å². The lowest BCUT2D eigenvalue weighted by molar-refractivity contribution is -0.133. The van der Waals surface area contributed by atoms with Crippen molar-refractivity contribution in [3.05, 3.63) is 29.7 Å². The monoisotopic (exact) mass is 328 g/mol. The Hall–Kier alpha value is -2.64. The zero-order valence-electron chi connectivity index (χ0n) is 13.6.